The van der Waals surface area contributed by atoms with E-state index in [0.717, 1.165) is 37.1 Å². The first-order chi connectivity index (χ1) is 10.6. The van der Waals surface area contributed by atoms with Gasteiger partial charge in [-0.2, -0.15) is 0 Å². The van der Waals surface area contributed by atoms with Gasteiger partial charge in [0.25, 0.3) is 0 Å². The van der Waals surface area contributed by atoms with Crippen LogP contribution in [-0.4, -0.2) is 36.6 Å². The average Bonchev–Trinajstić information content (AvgIpc) is 2.55. The molecule has 1 aromatic carbocycles. The molecule has 1 heterocycles. The van der Waals surface area contributed by atoms with E-state index in [2.05, 4.69) is 5.32 Å². The molecule has 1 aliphatic carbocycles. The number of carbonyl (C=O) groups excluding carboxylic acids is 1. The molecule has 0 aromatic heterocycles. The minimum atomic E-state index is -0.726. The maximum atomic E-state index is 11.8. The quantitative estimate of drug-likeness (QED) is 0.895. The number of piperazine rings is 1. The molecule has 1 aliphatic heterocycles. The molecule has 0 atom stereocenters. The summed E-state index contributed by atoms with van der Waals surface area (Å²) in [5.74, 6) is -0.679. The van der Waals surface area contributed by atoms with Gasteiger partial charge in [-0.15, -0.1) is 0 Å². The van der Waals surface area contributed by atoms with E-state index < -0.39 is 11.4 Å². The maximum absolute atomic E-state index is 11.8. The van der Waals surface area contributed by atoms with Crippen molar-refractivity contribution in [1.82, 2.24) is 5.32 Å². The Morgan fingerprint density at radius 2 is 1.82 bits per heavy atom. The zero-order valence-electron chi connectivity index (χ0n) is 12.7. The van der Waals surface area contributed by atoms with E-state index in [1.807, 2.05) is 29.2 Å². The lowest BCUT2D eigenvalue weighted by atomic mass is 9.69. The molecule has 0 radical (unpaired) electrons. The smallest absolute Gasteiger partial charge is 0.314 e. The van der Waals surface area contributed by atoms with Crippen LogP contribution in [0.1, 0.15) is 37.7 Å². The number of benzene rings is 1. The lowest BCUT2D eigenvalue weighted by molar-refractivity contribution is -0.145. The van der Waals surface area contributed by atoms with Crippen LogP contribution in [0.3, 0.4) is 0 Å². The van der Waals surface area contributed by atoms with Crippen molar-refractivity contribution in [3.63, 3.8) is 0 Å². The first kappa shape index (κ1) is 14.9. The summed E-state index contributed by atoms with van der Waals surface area (Å²) in [7, 11) is 0. The molecule has 5 nitrogen and oxygen atoms in total. The summed E-state index contributed by atoms with van der Waals surface area (Å²) < 4.78 is 0. The van der Waals surface area contributed by atoms with Gasteiger partial charge in [-0.3, -0.25) is 9.59 Å². The van der Waals surface area contributed by atoms with Crippen molar-refractivity contribution in [2.45, 2.75) is 37.5 Å². The van der Waals surface area contributed by atoms with Gasteiger partial charge in [-0.25, -0.2) is 0 Å². The van der Waals surface area contributed by atoms with Crippen molar-refractivity contribution in [3.8, 4) is 0 Å². The van der Waals surface area contributed by atoms with Gasteiger partial charge in [0.2, 0.25) is 5.91 Å². The second-order valence-electron chi connectivity index (χ2n) is 6.27. The van der Waals surface area contributed by atoms with Crippen LogP contribution in [-0.2, 0) is 15.0 Å². The molecule has 1 amide bonds. The van der Waals surface area contributed by atoms with Crippen molar-refractivity contribution < 1.29 is 14.7 Å². The molecular formula is C17H22N2O3. The first-order valence-corrected chi connectivity index (χ1v) is 7.97. The number of amides is 1. The lowest BCUT2D eigenvalue weighted by Gasteiger charge is -2.34. The summed E-state index contributed by atoms with van der Waals surface area (Å²) in [6.45, 7) is 1.80. The van der Waals surface area contributed by atoms with Gasteiger partial charge in [-0.05, 0) is 30.5 Å². The highest BCUT2D eigenvalue weighted by Crippen LogP contribution is 2.40. The molecule has 2 fully saturated rings. The molecule has 0 unspecified atom stereocenters. The highest BCUT2D eigenvalue weighted by molar-refractivity contribution is 5.83. The zero-order valence-corrected chi connectivity index (χ0v) is 12.7. The van der Waals surface area contributed by atoms with Crippen LogP contribution < -0.4 is 10.2 Å². The third-order valence-electron chi connectivity index (χ3n) is 4.94. The minimum absolute atomic E-state index is 0.0320. The van der Waals surface area contributed by atoms with Gasteiger partial charge in [0.15, 0.2) is 0 Å². The van der Waals surface area contributed by atoms with Crippen LogP contribution in [0.5, 0.6) is 0 Å². The molecule has 5 heteroatoms. The van der Waals surface area contributed by atoms with Gasteiger partial charge in [0, 0.05) is 18.8 Å². The van der Waals surface area contributed by atoms with E-state index in [1.165, 1.54) is 0 Å². The van der Waals surface area contributed by atoms with Crippen LogP contribution in [0.15, 0.2) is 24.3 Å². The fourth-order valence-corrected chi connectivity index (χ4v) is 3.63. The molecule has 1 saturated carbocycles. The SMILES string of the molecule is O=C1CN(c2ccc(C3(C(=O)O)CCCCC3)cc2)CCN1. The average molecular weight is 302 g/mol. The van der Waals surface area contributed by atoms with Crippen molar-refractivity contribution in [2.24, 2.45) is 0 Å². The number of rotatable bonds is 3. The van der Waals surface area contributed by atoms with E-state index in [9.17, 15) is 14.7 Å². The zero-order chi connectivity index (χ0) is 15.6. The number of hydrogen-bond acceptors (Lipinski definition) is 3. The Labute approximate surface area is 130 Å². The van der Waals surface area contributed by atoms with Crippen LogP contribution in [0, 0.1) is 0 Å². The van der Waals surface area contributed by atoms with E-state index in [0.29, 0.717) is 25.9 Å². The molecule has 1 saturated heterocycles. The second kappa shape index (κ2) is 5.99. The van der Waals surface area contributed by atoms with Gasteiger partial charge in [-0.1, -0.05) is 31.4 Å². The van der Waals surface area contributed by atoms with Gasteiger partial charge >= 0.3 is 5.97 Å². The van der Waals surface area contributed by atoms with E-state index in [4.69, 9.17) is 0 Å². The minimum Gasteiger partial charge on any atom is -0.481 e. The molecule has 0 bridgehead atoms. The van der Waals surface area contributed by atoms with Crippen molar-refractivity contribution >= 4 is 17.6 Å². The number of anilines is 1. The highest BCUT2D eigenvalue weighted by Gasteiger charge is 2.41. The highest BCUT2D eigenvalue weighted by atomic mass is 16.4. The fraction of sp³-hybridized carbons (Fsp3) is 0.529. The topological polar surface area (TPSA) is 69.6 Å². The summed E-state index contributed by atoms with van der Waals surface area (Å²) in [6, 6.07) is 7.77. The van der Waals surface area contributed by atoms with Gasteiger partial charge in [0.05, 0.1) is 12.0 Å². The van der Waals surface area contributed by atoms with E-state index in [1.54, 1.807) is 0 Å². The number of nitrogens with zero attached hydrogens (tertiary/aromatic N) is 1. The van der Waals surface area contributed by atoms with Gasteiger partial charge in [0.1, 0.15) is 0 Å². The molecule has 0 spiro atoms. The number of aliphatic carboxylic acids is 1. The number of hydrogen-bond donors (Lipinski definition) is 2. The summed E-state index contributed by atoms with van der Waals surface area (Å²) in [4.78, 5) is 25.3. The number of carbonyl (C=O) groups is 2. The molecule has 118 valence electrons. The normalized spacial score (nSPS) is 21.3. The van der Waals surface area contributed by atoms with Crippen LogP contribution >= 0.6 is 0 Å². The van der Waals surface area contributed by atoms with Gasteiger partial charge < -0.3 is 15.3 Å². The van der Waals surface area contributed by atoms with Crippen LogP contribution in [0.4, 0.5) is 5.69 Å². The Bertz CT molecular complexity index is 562. The standard InChI is InChI=1S/C17H22N2O3/c20-15-12-19(11-10-18-15)14-6-4-13(5-7-14)17(16(21)22)8-2-1-3-9-17/h4-7H,1-3,8-12H2,(H,18,20)(H,21,22). The number of nitrogens with one attached hydrogen (secondary N) is 1. The van der Waals surface area contributed by atoms with Crippen LogP contribution in [0.2, 0.25) is 0 Å². The summed E-state index contributed by atoms with van der Waals surface area (Å²) >= 11 is 0. The third kappa shape index (κ3) is 2.67. The number of carboxylic acids is 1. The first-order valence-electron chi connectivity index (χ1n) is 7.97. The Kier molecular flexibility index (Phi) is 4.05. The van der Waals surface area contributed by atoms with E-state index >= 15 is 0 Å². The number of carboxylic acid groups (broad SMARTS) is 1. The molecule has 2 aliphatic rings. The Hall–Kier alpha value is -2.04. The largest absolute Gasteiger partial charge is 0.481 e. The van der Waals surface area contributed by atoms with Crippen molar-refractivity contribution in [1.29, 1.82) is 0 Å². The Balaban J connectivity index is 1.83. The molecule has 3 rings (SSSR count). The fourth-order valence-electron chi connectivity index (χ4n) is 3.63. The van der Waals surface area contributed by atoms with Crippen molar-refractivity contribution in [3.05, 3.63) is 29.8 Å². The van der Waals surface area contributed by atoms with Crippen molar-refractivity contribution in [2.75, 3.05) is 24.5 Å². The van der Waals surface area contributed by atoms with E-state index in [-0.39, 0.29) is 5.91 Å². The summed E-state index contributed by atoms with van der Waals surface area (Å²) in [6.07, 6.45) is 4.50. The predicted octanol–water partition coefficient (Wildman–Crippen LogP) is 1.91. The molecule has 2 N–H and O–H groups in total. The summed E-state index contributed by atoms with van der Waals surface area (Å²) in [5, 5.41) is 12.5. The maximum Gasteiger partial charge on any atom is 0.314 e. The molecule has 1 aromatic rings. The lowest BCUT2D eigenvalue weighted by Crippen LogP contribution is -2.47. The molecule has 22 heavy (non-hydrogen) atoms. The summed E-state index contributed by atoms with van der Waals surface area (Å²) in [5.41, 5.74) is 1.15. The van der Waals surface area contributed by atoms with Crippen LogP contribution in [0.25, 0.3) is 0 Å². The molecular weight excluding hydrogens is 280 g/mol. The Morgan fingerprint density at radius 1 is 1.14 bits per heavy atom. The second-order valence-corrected chi connectivity index (χ2v) is 6.27. The predicted molar refractivity (Wildman–Crippen MR) is 84.1 cm³/mol. The monoisotopic (exact) mass is 302 g/mol. The third-order valence-corrected chi connectivity index (χ3v) is 4.94. The Morgan fingerprint density at radius 3 is 2.41 bits per heavy atom.